The Hall–Kier alpha value is -0.940. The predicted molar refractivity (Wildman–Crippen MR) is 65.4 cm³/mol. The van der Waals surface area contributed by atoms with Crippen molar-refractivity contribution in [1.29, 1.82) is 0 Å². The van der Waals surface area contributed by atoms with Gasteiger partial charge in [-0.3, -0.25) is 4.90 Å². The molecule has 0 spiro atoms. The van der Waals surface area contributed by atoms with Gasteiger partial charge >= 0.3 is 6.18 Å². The maximum Gasteiger partial charge on any atom is 0.401 e. The van der Waals surface area contributed by atoms with Crippen LogP contribution in [0.1, 0.15) is 18.4 Å². The van der Waals surface area contributed by atoms with E-state index >= 15 is 0 Å². The topological polar surface area (TPSA) is 29.3 Å². The smallest absolute Gasteiger partial charge is 0.398 e. The lowest BCUT2D eigenvalue weighted by Crippen LogP contribution is -2.35. The van der Waals surface area contributed by atoms with Crippen LogP contribution in [-0.4, -0.2) is 23.7 Å². The monoisotopic (exact) mass is 278 g/mol. The molecule has 1 aromatic carbocycles. The molecule has 0 aromatic heterocycles. The van der Waals surface area contributed by atoms with E-state index in [1.165, 1.54) is 4.90 Å². The van der Waals surface area contributed by atoms with Gasteiger partial charge in [-0.2, -0.15) is 13.2 Å². The van der Waals surface area contributed by atoms with Gasteiger partial charge in [0.1, 0.15) is 0 Å². The number of nitrogens with two attached hydrogens (primary N) is 1. The standard InChI is InChI=1S/C12H14ClF3N2/c13-9-1-4-11(17)8(5-9)6-18(10-2-3-10)7-12(14,15)16/h1,4-5,10H,2-3,6-7,17H2. The molecule has 1 fully saturated rings. The molecular formula is C12H14ClF3N2. The SMILES string of the molecule is Nc1ccc(Cl)cc1CN(CC(F)(F)F)C1CC1. The average Bonchev–Trinajstić information content (AvgIpc) is 3.04. The van der Waals surface area contributed by atoms with Crippen LogP contribution in [-0.2, 0) is 6.54 Å². The summed E-state index contributed by atoms with van der Waals surface area (Å²) in [6.07, 6.45) is -2.55. The lowest BCUT2D eigenvalue weighted by Gasteiger charge is -2.24. The normalized spacial score (nSPS) is 16.3. The summed E-state index contributed by atoms with van der Waals surface area (Å²) in [4.78, 5) is 1.42. The number of alkyl halides is 3. The second kappa shape index (κ2) is 4.97. The van der Waals surface area contributed by atoms with Gasteiger partial charge in [0.05, 0.1) is 6.54 Å². The Kier molecular flexibility index (Phi) is 3.73. The third-order valence-corrected chi connectivity index (χ3v) is 3.16. The summed E-state index contributed by atoms with van der Waals surface area (Å²) in [6.45, 7) is -0.708. The number of hydrogen-bond acceptors (Lipinski definition) is 2. The summed E-state index contributed by atoms with van der Waals surface area (Å²) in [5, 5.41) is 0.488. The van der Waals surface area contributed by atoms with Crippen LogP contribution >= 0.6 is 11.6 Å². The zero-order valence-electron chi connectivity index (χ0n) is 9.67. The Bertz CT molecular complexity index is 430. The Morgan fingerprint density at radius 2 is 2.00 bits per heavy atom. The first-order chi connectivity index (χ1) is 8.35. The van der Waals surface area contributed by atoms with Gasteiger partial charge < -0.3 is 5.73 Å². The van der Waals surface area contributed by atoms with E-state index in [1.54, 1.807) is 18.2 Å². The molecule has 0 bridgehead atoms. The molecule has 2 nitrogen and oxygen atoms in total. The Morgan fingerprint density at radius 1 is 1.33 bits per heavy atom. The minimum Gasteiger partial charge on any atom is -0.398 e. The molecule has 0 radical (unpaired) electrons. The molecule has 0 atom stereocenters. The van der Waals surface area contributed by atoms with Gasteiger partial charge in [-0.15, -0.1) is 0 Å². The van der Waals surface area contributed by atoms with Crippen molar-refractivity contribution in [3.63, 3.8) is 0 Å². The molecule has 18 heavy (non-hydrogen) atoms. The number of anilines is 1. The van der Waals surface area contributed by atoms with E-state index in [1.807, 2.05) is 0 Å². The predicted octanol–water partition coefficient (Wildman–Crippen LogP) is 3.45. The highest BCUT2D eigenvalue weighted by atomic mass is 35.5. The fourth-order valence-electron chi connectivity index (χ4n) is 1.91. The fourth-order valence-corrected chi connectivity index (χ4v) is 2.11. The number of benzene rings is 1. The zero-order chi connectivity index (χ0) is 13.3. The van der Waals surface area contributed by atoms with Gasteiger partial charge in [0.15, 0.2) is 0 Å². The Morgan fingerprint density at radius 3 is 2.56 bits per heavy atom. The van der Waals surface area contributed by atoms with E-state index in [2.05, 4.69) is 0 Å². The Labute approximate surface area is 109 Å². The lowest BCUT2D eigenvalue weighted by molar-refractivity contribution is -0.148. The lowest BCUT2D eigenvalue weighted by atomic mass is 10.1. The maximum absolute atomic E-state index is 12.5. The van der Waals surface area contributed by atoms with Crippen LogP contribution in [0.25, 0.3) is 0 Å². The van der Waals surface area contributed by atoms with Crippen LogP contribution < -0.4 is 5.73 Å². The van der Waals surface area contributed by atoms with Crippen LogP contribution in [0.4, 0.5) is 18.9 Å². The molecule has 0 saturated heterocycles. The minimum atomic E-state index is -4.18. The van der Waals surface area contributed by atoms with E-state index < -0.39 is 12.7 Å². The molecule has 0 heterocycles. The highest BCUT2D eigenvalue weighted by molar-refractivity contribution is 6.30. The van der Waals surface area contributed by atoms with Crippen molar-refractivity contribution in [2.24, 2.45) is 0 Å². The molecule has 100 valence electrons. The van der Waals surface area contributed by atoms with Crippen molar-refractivity contribution in [1.82, 2.24) is 4.90 Å². The molecular weight excluding hydrogens is 265 g/mol. The quantitative estimate of drug-likeness (QED) is 0.855. The van der Waals surface area contributed by atoms with Crippen molar-refractivity contribution < 1.29 is 13.2 Å². The second-order valence-corrected chi connectivity index (χ2v) is 5.03. The van der Waals surface area contributed by atoms with Crippen LogP contribution in [0, 0.1) is 0 Å². The molecule has 0 amide bonds. The molecule has 6 heteroatoms. The number of halogens is 4. The van der Waals surface area contributed by atoms with Crippen LogP contribution in [0.15, 0.2) is 18.2 Å². The molecule has 1 aliphatic rings. The van der Waals surface area contributed by atoms with Gasteiger partial charge in [0, 0.05) is 23.3 Å². The summed E-state index contributed by atoms with van der Waals surface area (Å²) >= 11 is 5.83. The van der Waals surface area contributed by atoms with Crippen molar-refractivity contribution in [2.75, 3.05) is 12.3 Å². The first kappa shape index (κ1) is 13.5. The first-order valence-corrected chi connectivity index (χ1v) is 6.07. The van der Waals surface area contributed by atoms with E-state index in [0.717, 1.165) is 12.8 Å². The summed E-state index contributed by atoms with van der Waals surface area (Å²) in [5.41, 5.74) is 6.89. The fraction of sp³-hybridized carbons (Fsp3) is 0.500. The van der Waals surface area contributed by atoms with Gasteiger partial charge in [0.2, 0.25) is 0 Å². The summed E-state index contributed by atoms with van der Waals surface area (Å²) in [5.74, 6) is 0. The minimum absolute atomic E-state index is 0.0185. The molecule has 1 saturated carbocycles. The number of rotatable bonds is 4. The third kappa shape index (κ3) is 3.78. The van der Waals surface area contributed by atoms with Crippen LogP contribution in [0.2, 0.25) is 5.02 Å². The molecule has 2 rings (SSSR count). The maximum atomic E-state index is 12.5. The summed E-state index contributed by atoms with van der Waals surface area (Å²) in [6, 6.07) is 4.90. The number of hydrogen-bond donors (Lipinski definition) is 1. The zero-order valence-corrected chi connectivity index (χ0v) is 10.4. The van der Waals surface area contributed by atoms with Gasteiger partial charge in [-0.1, -0.05) is 11.6 Å². The highest BCUT2D eigenvalue weighted by Gasteiger charge is 2.38. The summed E-state index contributed by atoms with van der Waals surface area (Å²) in [7, 11) is 0. The molecule has 0 aliphatic heterocycles. The molecule has 2 N–H and O–H groups in total. The van der Waals surface area contributed by atoms with Gasteiger partial charge in [0.25, 0.3) is 0 Å². The van der Waals surface area contributed by atoms with Crippen molar-refractivity contribution in [2.45, 2.75) is 31.6 Å². The highest BCUT2D eigenvalue weighted by Crippen LogP contribution is 2.32. The first-order valence-electron chi connectivity index (χ1n) is 5.70. The van der Waals surface area contributed by atoms with Crippen LogP contribution in [0.5, 0.6) is 0 Å². The number of nitrogens with zero attached hydrogens (tertiary/aromatic N) is 1. The largest absolute Gasteiger partial charge is 0.401 e. The van der Waals surface area contributed by atoms with Crippen molar-refractivity contribution in [3.8, 4) is 0 Å². The van der Waals surface area contributed by atoms with Gasteiger partial charge in [-0.05, 0) is 36.6 Å². The summed E-state index contributed by atoms with van der Waals surface area (Å²) < 4.78 is 37.4. The van der Waals surface area contributed by atoms with Gasteiger partial charge in [-0.25, -0.2) is 0 Å². The van der Waals surface area contributed by atoms with Crippen LogP contribution in [0.3, 0.4) is 0 Å². The van der Waals surface area contributed by atoms with E-state index in [4.69, 9.17) is 17.3 Å². The Balaban J connectivity index is 2.11. The average molecular weight is 279 g/mol. The third-order valence-electron chi connectivity index (χ3n) is 2.92. The number of nitrogen functional groups attached to an aromatic ring is 1. The molecule has 0 unspecified atom stereocenters. The van der Waals surface area contributed by atoms with Crippen molar-refractivity contribution in [3.05, 3.63) is 28.8 Å². The second-order valence-electron chi connectivity index (χ2n) is 4.59. The van der Waals surface area contributed by atoms with Crippen molar-refractivity contribution >= 4 is 17.3 Å². The molecule has 1 aliphatic carbocycles. The van der Waals surface area contributed by atoms with E-state index in [0.29, 0.717) is 16.3 Å². The molecule has 1 aromatic rings. The van der Waals surface area contributed by atoms with E-state index in [-0.39, 0.29) is 12.6 Å². The van der Waals surface area contributed by atoms with E-state index in [9.17, 15) is 13.2 Å².